The lowest BCUT2D eigenvalue weighted by Gasteiger charge is -2.35. The summed E-state index contributed by atoms with van der Waals surface area (Å²) in [4.78, 5) is 1.29. The number of fused-ring (bicyclic) bond motifs is 1. The summed E-state index contributed by atoms with van der Waals surface area (Å²) < 4.78 is 0. The molecule has 1 aliphatic heterocycles. The van der Waals surface area contributed by atoms with Crippen LogP contribution in [-0.2, 0) is 0 Å². The lowest BCUT2D eigenvalue weighted by molar-refractivity contribution is 0.401. The molecule has 0 aromatic heterocycles. The molecule has 1 nitrogen and oxygen atoms in total. The van der Waals surface area contributed by atoms with E-state index in [2.05, 4.69) is 39.1 Å². The number of hydrogen-bond donors (Lipinski definition) is 1. The molecule has 1 aliphatic rings. The minimum Gasteiger partial charge on any atom is -0.382 e. The van der Waals surface area contributed by atoms with E-state index in [0.29, 0.717) is 10.7 Å². The van der Waals surface area contributed by atoms with Gasteiger partial charge in [0.1, 0.15) is 0 Å². The molecule has 1 atom stereocenters. The van der Waals surface area contributed by atoms with E-state index >= 15 is 0 Å². The summed E-state index contributed by atoms with van der Waals surface area (Å²) in [5.74, 6) is 0. The van der Waals surface area contributed by atoms with Crippen molar-refractivity contribution in [2.24, 2.45) is 5.41 Å². The molecule has 3 heteroatoms. The van der Waals surface area contributed by atoms with Crippen LogP contribution in [0.15, 0.2) is 17.0 Å². The Morgan fingerprint density at radius 2 is 2.06 bits per heavy atom. The molecular weight excluding hydrogens is 238 g/mol. The van der Waals surface area contributed by atoms with Gasteiger partial charge in [0.2, 0.25) is 0 Å². The fraction of sp³-hybridized carbons (Fsp3) is 0.538. The van der Waals surface area contributed by atoms with Gasteiger partial charge in [-0.05, 0) is 30.0 Å². The summed E-state index contributed by atoms with van der Waals surface area (Å²) in [5.41, 5.74) is 2.65. The van der Waals surface area contributed by atoms with Crippen LogP contribution in [0.1, 0.15) is 26.3 Å². The molecule has 0 fully saturated rings. The number of aryl methyl sites for hydroxylation is 1. The number of rotatable bonds is 0. The van der Waals surface area contributed by atoms with Gasteiger partial charge in [-0.15, -0.1) is 11.8 Å². The second kappa shape index (κ2) is 4.15. The van der Waals surface area contributed by atoms with E-state index in [1.807, 2.05) is 17.8 Å². The second-order valence-corrected chi connectivity index (χ2v) is 7.13. The summed E-state index contributed by atoms with van der Waals surface area (Å²) in [6.45, 7) is 9.94. The van der Waals surface area contributed by atoms with Crippen LogP contribution in [0.3, 0.4) is 0 Å². The molecule has 2 rings (SSSR count). The highest BCUT2D eigenvalue weighted by molar-refractivity contribution is 8.00. The first-order valence-corrected chi connectivity index (χ1v) is 6.84. The molecule has 88 valence electrons. The molecular formula is C13H18ClNS. The topological polar surface area (TPSA) is 12.0 Å². The Labute approximate surface area is 107 Å². The van der Waals surface area contributed by atoms with Crippen molar-refractivity contribution < 1.29 is 0 Å². The minimum absolute atomic E-state index is 0.311. The molecule has 0 aliphatic carbocycles. The van der Waals surface area contributed by atoms with Gasteiger partial charge < -0.3 is 5.32 Å². The van der Waals surface area contributed by atoms with Gasteiger partial charge in [0.05, 0.1) is 10.7 Å². The van der Waals surface area contributed by atoms with Crippen molar-refractivity contribution in [1.82, 2.24) is 0 Å². The lowest BCUT2D eigenvalue weighted by atomic mass is 9.91. The number of benzene rings is 1. The molecule has 0 saturated carbocycles. The third-order valence-electron chi connectivity index (χ3n) is 2.90. The maximum absolute atomic E-state index is 6.23. The van der Waals surface area contributed by atoms with Crippen molar-refractivity contribution in [3.63, 3.8) is 0 Å². The highest BCUT2D eigenvalue weighted by Gasteiger charge is 2.30. The molecule has 1 N–H and O–H groups in total. The molecule has 0 radical (unpaired) electrons. The summed E-state index contributed by atoms with van der Waals surface area (Å²) in [6, 6.07) is 4.24. The zero-order valence-corrected chi connectivity index (χ0v) is 11.8. The van der Waals surface area contributed by atoms with Crippen molar-refractivity contribution in [2.75, 3.05) is 11.9 Å². The van der Waals surface area contributed by atoms with E-state index in [-0.39, 0.29) is 0 Å². The van der Waals surface area contributed by atoms with Crippen LogP contribution < -0.4 is 5.32 Å². The van der Waals surface area contributed by atoms with E-state index in [1.54, 1.807) is 0 Å². The van der Waals surface area contributed by atoms with Gasteiger partial charge in [-0.25, -0.2) is 0 Å². The summed E-state index contributed by atoms with van der Waals surface area (Å²) >= 11 is 8.18. The van der Waals surface area contributed by atoms with Crippen LogP contribution in [0.4, 0.5) is 5.69 Å². The molecule has 0 bridgehead atoms. The van der Waals surface area contributed by atoms with Gasteiger partial charge in [0, 0.05) is 16.7 Å². The highest BCUT2D eigenvalue weighted by Crippen LogP contribution is 2.45. The third-order valence-corrected chi connectivity index (χ3v) is 4.93. The zero-order valence-electron chi connectivity index (χ0n) is 10.2. The lowest BCUT2D eigenvalue weighted by Crippen LogP contribution is -2.33. The number of nitrogens with one attached hydrogen (secondary N) is 1. The smallest absolute Gasteiger partial charge is 0.0668 e. The van der Waals surface area contributed by atoms with E-state index in [9.17, 15) is 0 Å². The van der Waals surface area contributed by atoms with Gasteiger partial charge in [-0.3, -0.25) is 0 Å². The Morgan fingerprint density at radius 3 is 2.69 bits per heavy atom. The minimum atomic E-state index is 0.311. The van der Waals surface area contributed by atoms with E-state index < -0.39 is 0 Å². The molecule has 1 heterocycles. The standard InChI is InChI=1S/C13H18ClNS/c1-8-5-9(14)12-10(6-8)16-11(7-15-12)13(2,3)4/h5-6,11,15H,7H2,1-4H3. The van der Waals surface area contributed by atoms with Gasteiger partial charge >= 0.3 is 0 Å². The monoisotopic (exact) mass is 255 g/mol. The first kappa shape index (κ1) is 12.1. The normalized spacial score (nSPS) is 20.2. The molecule has 1 aromatic rings. The number of hydrogen-bond acceptors (Lipinski definition) is 2. The van der Waals surface area contributed by atoms with E-state index in [4.69, 9.17) is 11.6 Å². The molecule has 1 unspecified atom stereocenters. The number of halogens is 1. The Morgan fingerprint density at radius 1 is 1.38 bits per heavy atom. The third kappa shape index (κ3) is 2.33. The van der Waals surface area contributed by atoms with Crippen LogP contribution >= 0.6 is 23.4 Å². The average molecular weight is 256 g/mol. The number of anilines is 1. The van der Waals surface area contributed by atoms with Gasteiger partial charge in [-0.1, -0.05) is 32.4 Å². The Balaban J connectivity index is 2.34. The predicted molar refractivity (Wildman–Crippen MR) is 73.8 cm³/mol. The second-order valence-electron chi connectivity index (χ2n) is 5.47. The first-order valence-electron chi connectivity index (χ1n) is 5.58. The van der Waals surface area contributed by atoms with Crippen molar-refractivity contribution in [3.8, 4) is 0 Å². The maximum atomic E-state index is 6.23. The van der Waals surface area contributed by atoms with Crippen LogP contribution in [0.25, 0.3) is 0 Å². The predicted octanol–water partition coefficient (Wildman–Crippen LogP) is 4.58. The van der Waals surface area contributed by atoms with Crippen LogP contribution in [0.2, 0.25) is 5.02 Å². The SMILES string of the molecule is Cc1cc(Cl)c2c(c1)SC(C(C)(C)C)CN2. The largest absolute Gasteiger partial charge is 0.382 e. The summed E-state index contributed by atoms with van der Waals surface area (Å²) in [5, 5.41) is 4.90. The van der Waals surface area contributed by atoms with Crippen molar-refractivity contribution in [2.45, 2.75) is 37.8 Å². The van der Waals surface area contributed by atoms with Crippen molar-refractivity contribution >= 4 is 29.1 Å². The average Bonchev–Trinajstić information content (AvgIpc) is 2.15. The van der Waals surface area contributed by atoms with Gasteiger partial charge in [0.15, 0.2) is 0 Å². The number of thioether (sulfide) groups is 1. The van der Waals surface area contributed by atoms with Crippen molar-refractivity contribution in [3.05, 3.63) is 22.7 Å². The van der Waals surface area contributed by atoms with Gasteiger partial charge in [0.25, 0.3) is 0 Å². The fourth-order valence-electron chi connectivity index (χ4n) is 1.85. The maximum Gasteiger partial charge on any atom is 0.0668 e. The molecule has 0 saturated heterocycles. The van der Waals surface area contributed by atoms with Crippen LogP contribution in [-0.4, -0.2) is 11.8 Å². The molecule has 0 spiro atoms. The van der Waals surface area contributed by atoms with E-state index in [1.165, 1.54) is 10.5 Å². The molecule has 1 aromatic carbocycles. The summed E-state index contributed by atoms with van der Waals surface area (Å²) in [6.07, 6.45) is 0. The summed E-state index contributed by atoms with van der Waals surface area (Å²) in [7, 11) is 0. The Bertz CT molecular complexity index is 409. The molecule has 16 heavy (non-hydrogen) atoms. The van der Waals surface area contributed by atoms with Crippen LogP contribution in [0.5, 0.6) is 0 Å². The molecule has 0 amide bonds. The van der Waals surface area contributed by atoms with E-state index in [0.717, 1.165) is 17.3 Å². The fourth-order valence-corrected chi connectivity index (χ4v) is 3.62. The van der Waals surface area contributed by atoms with Gasteiger partial charge in [-0.2, -0.15) is 0 Å². The zero-order chi connectivity index (χ0) is 11.9. The first-order chi connectivity index (χ1) is 7.38. The van der Waals surface area contributed by atoms with Crippen molar-refractivity contribution in [1.29, 1.82) is 0 Å². The highest BCUT2D eigenvalue weighted by atomic mass is 35.5. The Kier molecular flexibility index (Phi) is 3.15. The van der Waals surface area contributed by atoms with Crippen LogP contribution in [0, 0.1) is 12.3 Å². The Hall–Kier alpha value is -0.340. The quantitative estimate of drug-likeness (QED) is 0.728.